The zero-order chi connectivity index (χ0) is 15.5. The summed E-state index contributed by atoms with van der Waals surface area (Å²) in [7, 11) is 0. The van der Waals surface area contributed by atoms with Gasteiger partial charge in [0.25, 0.3) is 0 Å². The standard InChI is InChI=1S/C18H24N2O2/c1-13(2)18(21)22-16-7-5-6-15-14(12-19-17(15)16)8-11-20-9-3-4-10-20/h5-7,12-13,19H,3-4,8-11H2,1-2H3. The number of nitrogens with zero attached hydrogens (tertiary/aromatic N) is 1. The molecule has 2 heterocycles. The highest BCUT2D eigenvalue weighted by atomic mass is 16.5. The number of aromatic nitrogens is 1. The van der Waals surface area contributed by atoms with E-state index in [4.69, 9.17) is 4.74 Å². The van der Waals surface area contributed by atoms with Gasteiger partial charge in [0.15, 0.2) is 5.75 Å². The molecule has 1 aromatic carbocycles. The van der Waals surface area contributed by atoms with Crippen LogP contribution in [0.2, 0.25) is 0 Å². The van der Waals surface area contributed by atoms with Gasteiger partial charge in [-0.05, 0) is 44.0 Å². The summed E-state index contributed by atoms with van der Waals surface area (Å²) in [6.07, 6.45) is 5.72. The van der Waals surface area contributed by atoms with Crippen molar-refractivity contribution in [3.63, 3.8) is 0 Å². The maximum atomic E-state index is 11.8. The van der Waals surface area contributed by atoms with Crippen LogP contribution in [0.5, 0.6) is 5.75 Å². The van der Waals surface area contributed by atoms with E-state index in [-0.39, 0.29) is 11.9 Å². The van der Waals surface area contributed by atoms with E-state index < -0.39 is 0 Å². The molecule has 1 fully saturated rings. The van der Waals surface area contributed by atoms with Crippen molar-refractivity contribution in [3.05, 3.63) is 30.0 Å². The average molecular weight is 300 g/mol. The number of esters is 1. The molecule has 0 bridgehead atoms. The van der Waals surface area contributed by atoms with E-state index in [9.17, 15) is 4.79 Å². The number of fused-ring (bicyclic) bond motifs is 1. The van der Waals surface area contributed by atoms with Gasteiger partial charge in [-0.3, -0.25) is 4.79 Å². The number of likely N-dealkylation sites (tertiary alicyclic amines) is 1. The second-order valence-electron chi connectivity index (χ2n) is 6.37. The molecule has 22 heavy (non-hydrogen) atoms. The van der Waals surface area contributed by atoms with Gasteiger partial charge in [-0.1, -0.05) is 26.0 Å². The van der Waals surface area contributed by atoms with Crippen LogP contribution in [0.15, 0.2) is 24.4 Å². The molecule has 118 valence electrons. The number of ether oxygens (including phenoxy) is 1. The molecule has 1 aromatic heterocycles. The van der Waals surface area contributed by atoms with Crippen molar-refractivity contribution in [3.8, 4) is 5.75 Å². The van der Waals surface area contributed by atoms with Crippen molar-refractivity contribution in [2.75, 3.05) is 19.6 Å². The fourth-order valence-electron chi connectivity index (χ4n) is 2.99. The van der Waals surface area contributed by atoms with E-state index in [1.807, 2.05) is 32.2 Å². The maximum absolute atomic E-state index is 11.8. The molecular weight excluding hydrogens is 276 g/mol. The Hall–Kier alpha value is -1.81. The van der Waals surface area contributed by atoms with E-state index in [0.29, 0.717) is 5.75 Å². The van der Waals surface area contributed by atoms with Crippen LogP contribution in [0.3, 0.4) is 0 Å². The lowest BCUT2D eigenvalue weighted by molar-refractivity contribution is -0.137. The number of hydrogen-bond donors (Lipinski definition) is 1. The molecule has 0 amide bonds. The van der Waals surface area contributed by atoms with Gasteiger partial charge in [-0.15, -0.1) is 0 Å². The molecule has 0 aliphatic carbocycles. The zero-order valence-electron chi connectivity index (χ0n) is 13.4. The Bertz CT molecular complexity index is 654. The van der Waals surface area contributed by atoms with Crippen molar-refractivity contribution in [1.29, 1.82) is 0 Å². The van der Waals surface area contributed by atoms with Crippen LogP contribution >= 0.6 is 0 Å². The van der Waals surface area contributed by atoms with Crippen LogP contribution in [-0.2, 0) is 11.2 Å². The molecule has 0 saturated carbocycles. The topological polar surface area (TPSA) is 45.3 Å². The van der Waals surface area contributed by atoms with Gasteiger partial charge >= 0.3 is 5.97 Å². The number of H-pyrrole nitrogens is 1. The van der Waals surface area contributed by atoms with E-state index >= 15 is 0 Å². The van der Waals surface area contributed by atoms with Gasteiger partial charge < -0.3 is 14.6 Å². The third-order valence-electron chi connectivity index (χ3n) is 4.34. The Balaban J connectivity index is 1.77. The molecule has 1 saturated heterocycles. The molecule has 1 N–H and O–H groups in total. The van der Waals surface area contributed by atoms with E-state index in [0.717, 1.165) is 23.9 Å². The highest BCUT2D eigenvalue weighted by Crippen LogP contribution is 2.28. The minimum Gasteiger partial charge on any atom is -0.424 e. The SMILES string of the molecule is CC(C)C(=O)Oc1cccc2c(CCN3CCCC3)c[nH]c12. The lowest BCUT2D eigenvalue weighted by Gasteiger charge is -2.13. The van der Waals surface area contributed by atoms with Crippen LogP contribution in [-0.4, -0.2) is 35.5 Å². The Morgan fingerprint density at radius 1 is 1.32 bits per heavy atom. The summed E-state index contributed by atoms with van der Waals surface area (Å²) < 4.78 is 5.50. The van der Waals surface area contributed by atoms with Gasteiger partial charge in [0.05, 0.1) is 11.4 Å². The molecule has 1 aliphatic heterocycles. The van der Waals surface area contributed by atoms with Crippen LogP contribution in [0, 0.1) is 5.92 Å². The van der Waals surface area contributed by atoms with Crippen molar-refractivity contribution < 1.29 is 9.53 Å². The van der Waals surface area contributed by atoms with E-state index in [2.05, 4.69) is 16.0 Å². The summed E-state index contributed by atoms with van der Waals surface area (Å²) in [6, 6.07) is 5.90. The first-order valence-electron chi connectivity index (χ1n) is 8.18. The van der Waals surface area contributed by atoms with Crippen LogP contribution in [0.4, 0.5) is 0 Å². The summed E-state index contributed by atoms with van der Waals surface area (Å²) in [6.45, 7) is 7.24. The Morgan fingerprint density at radius 3 is 2.82 bits per heavy atom. The highest BCUT2D eigenvalue weighted by Gasteiger charge is 2.15. The smallest absolute Gasteiger partial charge is 0.313 e. The molecular formula is C18H24N2O2. The first kappa shape index (κ1) is 15.1. The normalized spacial score (nSPS) is 15.8. The quantitative estimate of drug-likeness (QED) is 0.680. The number of hydrogen-bond acceptors (Lipinski definition) is 3. The first-order chi connectivity index (χ1) is 10.6. The maximum Gasteiger partial charge on any atom is 0.313 e. The number of carbonyl (C=O) groups excluding carboxylic acids is 1. The fraction of sp³-hybridized carbons (Fsp3) is 0.500. The van der Waals surface area contributed by atoms with Crippen molar-refractivity contribution in [2.45, 2.75) is 33.1 Å². The Labute approximate surface area is 131 Å². The minimum atomic E-state index is -0.194. The van der Waals surface area contributed by atoms with Crippen molar-refractivity contribution in [1.82, 2.24) is 9.88 Å². The third kappa shape index (κ3) is 3.17. The molecule has 0 radical (unpaired) electrons. The number of para-hydroxylation sites is 1. The van der Waals surface area contributed by atoms with Crippen molar-refractivity contribution in [2.24, 2.45) is 5.92 Å². The summed E-state index contributed by atoms with van der Waals surface area (Å²) in [4.78, 5) is 17.6. The van der Waals surface area contributed by atoms with Crippen molar-refractivity contribution >= 4 is 16.9 Å². The van der Waals surface area contributed by atoms with Crippen LogP contribution in [0.1, 0.15) is 32.3 Å². The summed E-state index contributed by atoms with van der Waals surface area (Å²) in [5.41, 5.74) is 2.22. The number of carbonyl (C=O) groups is 1. The largest absolute Gasteiger partial charge is 0.424 e. The predicted octanol–water partition coefficient (Wildman–Crippen LogP) is 3.37. The average Bonchev–Trinajstić information content (AvgIpc) is 3.14. The number of nitrogens with one attached hydrogen (secondary N) is 1. The predicted molar refractivity (Wildman–Crippen MR) is 88.1 cm³/mol. The molecule has 0 spiro atoms. The lowest BCUT2D eigenvalue weighted by atomic mass is 10.1. The first-order valence-corrected chi connectivity index (χ1v) is 8.18. The second kappa shape index (κ2) is 6.53. The fourth-order valence-corrected chi connectivity index (χ4v) is 2.99. The van der Waals surface area contributed by atoms with E-state index in [1.165, 1.54) is 31.5 Å². The van der Waals surface area contributed by atoms with Gasteiger partial charge in [0.1, 0.15) is 0 Å². The molecule has 4 heteroatoms. The second-order valence-corrected chi connectivity index (χ2v) is 6.37. The Morgan fingerprint density at radius 2 is 2.09 bits per heavy atom. The number of aromatic amines is 1. The summed E-state index contributed by atoms with van der Waals surface area (Å²) in [5.74, 6) is 0.309. The molecule has 4 nitrogen and oxygen atoms in total. The monoisotopic (exact) mass is 300 g/mol. The van der Waals surface area contributed by atoms with Crippen LogP contribution in [0.25, 0.3) is 10.9 Å². The van der Waals surface area contributed by atoms with E-state index in [1.54, 1.807) is 0 Å². The lowest BCUT2D eigenvalue weighted by Crippen LogP contribution is -2.21. The summed E-state index contributed by atoms with van der Waals surface area (Å²) >= 11 is 0. The highest BCUT2D eigenvalue weighted by molar-refractivity contribution is 5.90. The van der Waals surface area contributed by atoms with Gasteiger partial charge in [-0.25, -0.2) is 0 Å². The molecule has 0 atom stereocenters. The molecule has 3 rings (SSSR count). The molecule has 2 aromatic rings. The molecule has 0 unspecified atom stereocenters. The minimum absolute atomic E-state index is 0.125. The van der Waals surface area contributed by atoms with Gasteiger partial charge in [-0.2, -0.15) is 0 Å². The summed E-state index contributed by atoms with van der Waals surface area (Å²) in [5, 5.41) is 1.16. The van der Waals surface area contributed by atoms with Gasteiger partial charge in [0, 0.05) is 18.1 Å². The number of benzene rings is 1. The zero-order valence-corrected chi connectivity index (χ0v) is 13.4. The third-order valence-corrected chi connectivity index (χ3v) is 4.34. The van der Waals surface area contributed by atoms with Crippen LogP contribution < -0.4 is 4.74 Å². The Kier molecular flexibility index (Phi) is 4.48. The molecule has 1 aliphatic rings. The van der Waals surface area contributed by atoms with Gasteiger partial charge in [0.2, 0.25) is 0 Å². The number of rotatable bonds is 5.